The first-order valence-electron chi connectivity index (χ1n) is 8.41. The molecule has 0 N–H and O–H groups in total. The molecule has 0 aliphatic heterocycles. The maximum atomic E-state index is 11.5. The highest BCUT2D eigenvalue weighted by molar-refractivity contribution is 5.87. The highest BCUT2D eigenvalue weighted by Gasteiger charge is 2.21. The van der Waals surface area contributed by atoms with Gasteiger partial charge in [-0.3, -0.25) is 0 Å². The summed E-state index contributed by atoms with van der Waals surface area (Å²) in [4.78, 5) is 15.6. The molecule has 0 saturated heterocycles. The number of esters is 1. The van der Waals surface area contributed by atoms with Gasteiger partial charge in [-0.05, 0) is 11.8 Å². The quantitative estimate of drug-likeness (QED) is 0.498. The molecule has 0 unspecified atom stereocenters. The van der Waals surface area contributed by atoms with Crippen molar-refractivity contribution in [3.05, 3.63) is 18.0 Å². The van der Waals surface area contributed by atoms with Crippen molar-refractivity contribution in [3.8, 4) is 11.5 Å². The second kappa shape index (κ2) is 9.04. The van der Waals surface area contributed by atoms with E-state index in [-0.39, 0.29) is 16.5 Å². The van der Waals surface area contributed by atoms with E-state index < -0.39 is 5.97 Å². The van der Waals surface area contributed by atoms with Crippen LogP contribution < -0.4 is 9.47 Å². The molecule has 0 saturated carbocycles. The van der Waals surface area contributed by atoms with E-state index in [1.54, 1.807) is 0 Å². The molecule has 1 aromatic rings. The van der Waals surface area contributed by atoms with E-state index >= 15 is 0 Å². The third-order valence-corrected chi connectivity index (χ3v) is 3.52. The van der Waals surface area contributed by atoms with E-state index in [1.165, 1.54) is 26.5 Å². The standard InChI is InChI=1S/C19H31NO5/c1-18(2,3)12-24-9-8-19(4,5)13-25-16-11-20-14(17(21)23-7)10-15(16)22-6/h10-11H,8-9,12-13H2,1-7H3. The lowest BCUT2D eigenvalue weighted by molar-refractivity contribution is 0.0429. The van der Waals surface area contributed by atoms with Crippen LogP contribution in [0.5, 0.6) is 11.5 Å². The van der Waals surface area contributed by atoms with Crippen LogP contribution in [-0.2, 0) is 9.47 Å². The van der Waals surface area contributed by atoms with Crippen molar-refractivity contribution in [2.24, 2.45) is 10.8 Å². The minimum atomic E-state index is -0.513. The van der Waals surface area contributed by atoms with Gasteiger partial charge in [0, 0.05) is 18.1 Å². The number of methoxy groups -OCH3 is 2. The van der Waals surface area contributed by atoms with Crippen molar-refractivity contribution in [3.63, 3.8) is 0 Å². The molecule has 25 heavy (non-hydrogen) atoms. The maximum Gasteiger partial charge on any atom is 0.356 e. The van der Waals surface area contributed by atoms with Crippen LogP contribution >= 0.6 is 0 Å². The molecular weight excluding hydrogens is 322 g/mol. The van der Waals surface area contributed by atoms with E-state index in [4.69, 9.17) is 14.2 Å². The van der Waals surface area contributed by atoms with Gasteiger partial charge in [0.1, 0.15) is 0 Å². The topological polar surface area (TPSA) is 66.9 Å². The molecule has 1 heterocycles. The number of aromatic nitrogens is 1. The summed E-state index contributed by atoms with van der Waals surface area (Å²) < 4.78 is 21.5. The Balaban J connectivity index is 2.59. The van der Waals surface area contributed by atoms with Gasteiger partial charge in [-0.1, -0.05) is 34.6 Å². The van der Waals surface area contributed by atoms with Crippen molar-refractivity contribution >= 4 is 5.97 Å². The van der Waals surface area contributed by atoms with E-state index in [2.05, 4.69) is 44.3 Å². The second-order valence-electron chi connectivity index (χ2n) is 8.03. The Kier molecular flexibility index (Phi) is 7.67. The summed E-state index contributed by atoms with van der Waals surface area (Å²) in [6.45, 7) is 12.6. The van der Waals surface area contributed by atoms with Gasteiger partial charge >= 0.3 is 5.97 Å². The lowest BCUT2D eigenvalue weighted by Crippen LogP contribution is -2.25. The lowest BCUT2D eigenvalue weighted by atomic mass is 9.91. The van der Waals surface area contributed by atoms with Gasteiger partial charge in [-0.25, -0.2) is 9.78 Å². The predicted octanol–water partition coefficient (Wildman–Crippen LogP) is 3.73. The summed E-state index contributed by atoms with van der Waals surface area (Å²) in [5.74, 6) is 0.440. The number of carbonyl (C=O) groups excluding carboxylic acids is 1. The van der Waals surface area contributed by atoms with Crippen LogP contribution in [-0.4, -0.2) is 45.0 Å². The van der Waals surface area contributed by atoms with Crippen LogP contribution in [0.1, 0.15) is 51.5 Å². The molecule has 0 radical (unpaired) electrons. The number of rotatable bonds is 9. The highest BCUT2D eigenvalue weighted by atomic mass is 16.5. The van der Waals surface area contributed by atoms with E-state index in [0.29, 0.717) is 24.7 Å². The third-order valence-electron chi connectivity index (χ3n) is 3.52. The minimum Gasteiger partial charge on any atom is -0.493 e. The second-order valence-corrected chi connectivity index (χ2v) is 8.03. The van der Waals surface area contributed by atoms with Crippen molar-refractivity contribution in [2.75, 3.05) is 34.0 Å². The number of nitrogens with zero attached hydrogens (tertiary/aromatic N) is 1. The molecule has 0 aromatic carbocycles. The monoisotopic (exact) mass is 353 g/mol. The number of pyridine rings is 1. The number of carbonyl (C=O) groups is 1. The Morgan fingerprint density at radius 1 is 1.08 bits per heavy atom. The normalized spacial score (nSPS) is 12.0. The van der Waals surface area contributed by atoms with Gasteiger partial charge in [0.2, 0.25) is 0 Å². The Labute approximate surface area is 150 Å². The van der Waals surface area contributed by atoms with Gasteiger partial charge in [-0.15, -0.1) is 0 Å². The zero-order valence-electron chi connectivity index (χ0n) is 16.5. The molecule has 0 atom stereocenters. The Bertz CT molecular complexity index is 563. The van der Waals surface area contributed by atoms with Crippen LogP contribution in [0.4, 0.5) is 0 Å². The van der Waals surface area contributed by atoms with Gasteiger partial charge < -0.3 is 18.9 Å². The maximum absolute atomic E-state index is 11.5. The molecule has 1 rings (SSSR count). The fraction of sp³-hybridized carbons (Fsp3) is 0.684. The minimum absolute atomic E-state index is 0.0656. The van der Waals surface area contributed by atoms with Crippen LogP contribution in [0, 0.1) is 10.8 Å². The smallest absolute Gasteiger partial charge is 0.356 e. The Morgan fingerprint density at radius 2 is 1.76 bits per heavy atom. The predicted molar refractivity (Wildman–Crippen MR) is 96.3 cm³/mol. The Hall–Kier alpha value is -1.82. The van der Waals surface area contributed by atoms with E-state index in [1.807, 2.05) is 0 Å². The molecule has 6 heteroatoms. The van der Waals surface area contributed by atoms with Gasteiger partial charge in [0.25, 0.3) is 0 Å². The summed E-state index contributed by atoms with van der Waals surface area (Å²) in [5.41, 5.74) is 0.284. The van der Waals surface area contributed by atoms with Crippen molar-refractivity contribution in [2.45, 2.75) is 41.0 Å². The van der Waals surface area contributed by atoms with Gasteiger partial charge in [-0.2, -0.15) is 0 Å². The molecule has 0 amide bonds. The van der Waals surface area contributed by atoms with Crippen LogP contribution in [0.25, 0.3) is 0 Å². The largest absolute Gasteiger partial charge is 0.493 e. The third kappa shape index (κ3) is 7.73. The average molecular weight is 353 g/mol. The fourth-order valence-electron chi connectivity index (χ4n) is 1.98. The molecule has 0 fully saturated rings. The van der Waals surface area contributed by atoms with Crippen LogP contribution in [0.2, 0.25) is 0 Å². The van der Waals surface area contributed by atoms with Gasteiger partial charge in [0.15, 0.2) is 17.2 Å². The average Bonchev–Trinajstić information content (AvgIpc) is 2.55. The van der Waals surface area contributed by atoms with Crippen molar-refractivity contribution in [1.29, 1.82) is 0 Å². The lowest BCUT2D eigenvalue weighted by Gasteiger charge is -2.26. The molecular formula is C19H31NO5. The number of ether oxygens (including phenoxy) is 4. The molecule has 0 bridgehead atoms. The molecule has 142 valence electrons. The zero-order valence-corrected chi connectivity index (χ0v) is 16.5. The summed E-state index contributed by atoms with van der Waals surface area (Å²) in [6, 6.07) is 1.51. The van der Waals surface area contributed by atoms with Crippen LogP contribution in [0.15, 0.2) is 12.3 Å². The summed E-state index contributed by atoms with van der Waals surface area (Å²) in [5, 5.41) is 0. The van der Waals surface area contributed by atoms with Crippen molar-refractivity contribution in [1.82, 2.24) is 4.98 Å². The first kappa shape index (κ1) is 21.2. The number of hydrogen-bond donors (Lipinski definition) is 0. The summed E-state index contributed by atoms with van der Waals surface area (Å²) in [6.07, 6.45) is 2.36. The summed E-state index contributed by atoms with van der Waals surface area (Å²) >= 11 is 0. The molecule has 1 aromatic heterocycles. The van der Waals surface area contributed by atoms with Crippen molar-refractivity contribution < 1.29 is 23.7 Å². The molecule has 6 nitrogen and oxygen atoms in total. The number of hydrogen-bond acceptors (Lipinski definition) is 6. The first-order valence-corrected chi connectivity index (χ1v) is 8.41. The van der Waals surface area contributed by atoms with Crippen LogP contribution in [0.3, 0.4) is 0 Å². The fourth-order valence-corrected chi connectivity index (χ4v) is 1.98. The molecule has 0 aliphatic carbocycles. The van der Waals surface area contributed by atoms with Gasteiger partial charge in [0.05, 0.1) is 33.6 Å². The van der Waals surface area contributed by atoms with E-state index in [0.717, 1.165) is 13.0 Å². The summed E-state index contributed by atoms with van der Waals surface area (Å²) in [7, 11) is 2.83. The SMILES string of the molecule is COC(=O)c1cc(OC)c(OCC(C)(C)CCOCC(C)(C)C)cn1. The highest BCUT2D eigenvalue weighted by Crippen LogP contribution is 2.30. The zero-order chi connectivity index (χ0) is 19.1. The Morgan fingerprint density at radius 3 is 2.32 bits per heavy atom. The molecule has 0 spiro atoms. The first-order chi connectivity index (χ1) is 11.6. The molecule has 0 aliphatic rings. The van der Waals surface area contributed by atoms with E-state index in [9.17, 15) is 4.79 Å².